The van der Waals surface area contributed by atoms with E-state index in [1.54, 1.807) is 10.6 Å². The monoisotopic (exact) mass is 415 g/mol. The fourth-order valence-corrected chi connectivity index (χ4v) is 2.95. The Hall–Kier alpha value is -3.89. The predicted molar refractivity (Wildman–Crippen MR) is 105 cm³/mol. The summed E-state index contributed by atoms with van der Waals surface area (Å²) in [5.41, 5.74) is 7.48. The Morgan fingerprint density at radius 1 is 1.07 bits per heavy atom. The minimum Gasteiger partial charge on any atom is -0.435 e. The molecule has 154 valence electrons. The lowest BCUT2D eigenvalue weighted by Gasteiger charge is -2.10. The molecule has 0 aliphatic rings. The van der Waals surface area contributed by atoms with E-state index in [-0.39, 0.29) is 23.6 Å². The minimum atomic E-state index is -2.90. The van der Waals surface area contributed by atoms with Crippen LogP contribution in [0.1, 0.15) is 12.7 Å². The lowest BCUT2D eigenvalue weighted by molar-refractivity contribution is -0.0498. The molecule has 0 saturated carbocycles. The number of nitrogen functional groups attached to an aromatic ring is 1. The lowest BCUT2D eigenvalue weighted by Crippen LogP contribution is -2.11. The largest absolute Gasteiger partial charge is 0.435 e. The molecule has 0 bridgehead atoms. The Bertz CT molecular complexity index is 1190. The van der Waals surface area contributed by atoms with Crippen molar-refractivity contribution in [1.82, 2.24) is 24.5 Å². The number of nitrogens with zero attached hydrogens (tertiary/aromatic N) is 5. The molecule has 0 saturated heterocycles. The molecule has 30 heavy (non-hydrogen) atoms. The maximum absolute atomic E-state index is 13.6. The smallest absolute Gasteiger partial charge is 0.387 e. The Balaban J connectivity index is 1.70. The Morgan fingerprint density at radius 2 is 1.83 bits per heavy atom. The fourth-order valence-electron chi connectivity index (χ4n) is 2.95. The van der Waals surface area contributed by atoms with Crippen LogP contribution in [0.25, 0.3) is 17.0 Å². The Morgan fingerprint density at radius 3 is 2.53 bits per heavy atom. The number of nitrogens with one attached hydrogen (secondary N) is 1. The molecular weight excluding hydrogens is 399 g/mol. The second kappa shape index (κ2) is 7.85. The fraction of sp³-hybridized carbons (Fsp3) is 0.158. The van der Waals surface area contributed by atoms with Crippen molar-refractivity contribution in [2.45, 2.75) is 20.0 Å². The summed E-state index contributed by atoms with van der Waals surface area (Å²) < 4.78 is 44.1. The summed E-state index contributed by atoms with van der Waals surface area (Å²) in [6, 6.07) is 10.1. The molecule has 2 aromatic heterocycles. The van der Waals surface area contributed by atoms with Crippen molar-refractivity contribution in [3.05, 3.63) is 54.1 Å². The quantitative estimate of drug-likeness (QED) is 0.493. The first kappa shape index (κ1) is 19.4. The van der Waals surface area contributed by atoms with E-state index >= 15 is 0 Å². The number of halogens is 3. The van der Waals surface area contributed by atoms with Gasteiger partial charge in [-0.3, -0.25) is 4.57 Å². The number of rotatable bonds is 6. The maximum atomic E-state index is 13.6. The van der Waals surface area contributed by atoms with Crippen molar-refractivity contribution < 1.29 is 17.9 Å². The number of alkyl halides is 2. The van der Waals surface area contributed by atoms with E-state index in [4.69, 9.17) is 5.73 Å². The third kappa shape index (κ3) is 3.95. The van der Waals surface area contributed by atoms with E-state index in [9.17, 15) is 13.2 Å². The van der Waals surface area contributed by atoms with Crippen LogP contribution in [-0.4, -0.2) is 31.1 Å². The molecule has 4 rings (SSSR count). The molecule has 0 spiro atoms. The second-order valence-corrected chi connectivity index (χ2v) is 6.20. The normalized spacial score (nSPS) is 11.2. The van der Waals surface area contributed by atoms with Crippen molar-refractivity contribution >= 4 is 28.6 Å². The number of aryl methyl sites for hydroxylation is 1. The maximum Gasteiger partial charge on any atom is 0.387 e. The van der Waals surface area contributed by atoms with E-state index in [1.807, 2.05) is 6.92 Å². The topological polar surface area (TPSA) is 104 Å². The molecule has 0 radical (unpaired) electrons. The van der Waals surface area contributed by atoms with Crippen LogP contribution in [0.2, 0.25) is 0 Å². The van der Waals surface area contributed by atoms with E-state index < -0.39 is 12.4 Å². The summed E-state index contributed by atoms with van der Waals surface area (Å²) in [4.78, 5) is 17.1. The highest BCUT2D eigenvalue weighted by Gasteiger charge is 2.16. The van der Waals surface area contributed by atoms with Crippen molar-refractivity contribution in [3.63, 3.8) is 0 Å². The van der Waals surface area contributed by atoms with Gasteiger partial charge in [0.05, 0.1) is 11.0 Å². The highest BCUT2D eigenvalue weighted by molar-refractivity contribution is 5.77. The summed E-state index contributed by atoms with van der Waals surface area (Å²) in [5, 5.41) is 2.94. The van der Waals surface area contributed by atoms with Crippen molar-refractivity contribution in [2.24, 2.45) is 0 Å². The van der Waals surface area contributed by atoms with Gasteiger partial charge >= 0.3 is 6.61 Å². The summed E-state index contributed by atoms with van der Waals surface area (Å²) in [5.74, 6) is 0.578. The highest BCUT2D eigenvalue weighted by atomic mass is 19.3. The number of fused-ring (bicyclic) bond motifs is 1. The zero-order chi connectivity index (χ0) is 21.3. The van der Waals surface area contributed by atoms with Gasteiger partial charge in [0.25, 0.3) is 0 Å². The lowest BCUT2D eigenvalue weighted by atomic mass is 10.3. The molecule has 2 heterocycles. The van der Waals surface area contributed by atoms with Gasteiger partial charge in [-0.1, -0.05) is 6.92 Å². The van der Waals surface area contributed by atoms with Gasteiger partial charge in [0.2, 0.25) is 17.8 Å². The number of hydrogen-bond donors (Lipinski definition) is 2. The van der Waals surface area contributed by atoms with Gasteiger partial charge in [-0.25, -0.2) is 9.37 Å². The standard InChI is InChI=1S/C19H16F3N7O/c1-2-15-25-13-9-10(20)3-8-14(13)29(15)19-27-17(23)26-18(28-19)24-11-4-6-12(7-5-11)30-16(21)22/h3-9,16H,2H2,1H3,(H3,23,24,26,27,28). The Kier molecular flexibility index (Phi) is 5.09. The minimum absolute atomic E-state index is 0.0242. The van der Waals surface area contributed by atoms with Crippen LogP contribution in [0.3, 0.4) is 0 Å². The molecule has 0 aliphatic heterocycles. The van der Waals surface area contributed by atoms with Crippen LogP contribution in [0.15, 0.2) is 42.5 Å². The second-order valence-electron chi connectivity index (χ2n) is 6.20. The van der Waals surface area contributed by atoms with E-state index in [2.05, 4.69) is 30.0 Å². The first-order chi connectivity index (χ1) is 14.4. The molecule has 0 amide bonds. The molecule has 0 aliphatic carbocycles. The third-order valence-corrected chi connectivity index (χ3v) is 4.18. The molecule has 4 aromatic rings. The van der Waals surface area contributed by atoms with Gasteiger partial charge < -0.3 is 15.8 Å². The van der Waals surface area contributed by atoms with E-state index in [0.29, 0.717) is 29.0 Å². The molecular formula is C19H16F3N7O. The van der Waals surface area contributed by atoms with Crippen LogP contribution in [0, 0.1) is 5.82 Å². The molecule has 8 nitrogen and oxygen atoms in total. The number of nitrogens with two attached hydrogens (primary N) is 1. The van der Waals surface area contributed by atoms with Crippen LogP contribution in [-0.2, 0) is 6.42 Å². The highest BCUT2D eigenvalue weighted by Crippen LogP contribution is 2.23. The van der Waals surface area contributed by atoms with Crippen molar-refractivity contribution in [2.75, 3.05) is 11.1 Å². The van der Waals surface area contributed by atoms with Crippen LogP contribution >= 0.6 is 0 Å². The Labute approximate surface area is 168 Å². The van der Waals surface area contributed by atoms with Gasteiger partial charge in [0.15, 0.2) is 0 Å². The number of imidazole rings is 1. The van der Waals surface area contributed by atoms with E-state index in [1.165, 1.54) is 36.4 Å². The summed E-state index contributed by atoms with van der Waals surface area (Å²) in [6.45, 7) is -0.998. The molecule has 0 atom stereocenters. The van der Waals surface area contributed by atoms with E-state index in [0.717, 1.165) is 0 Å². The summed E-state index contributed by atoms with van der Waals surface area (Å²) in [6.07, 6.45) is 0.552. The number of hydrogen-bond acceptors (Lipinski definition) is 7. The van der Waals surface area contributed by atoms with Gasteiger partial charge in [0.1, 0.15) is 17.4 Å². The molecule has 11 heteroatoms. The van der Waals surface area contributed by atoms with Crippen LogP contribution in [0.5, 0.6) is 5.75 Å². The first-order valence-corrected chi connectivity index (χ1v) is 8.93. The van der Waals surface area contributed by atoms with Crippen LogP contribution < -0.4 is 15.8 Å². The number of benzene rings is 2. The number of anilines is 3. The molecule has 0 unspecified atom stereocenters. The molecule has 2 aromatic carbocycles. The van der Waals surface area contributed by atoms with Crippen LogP contribution in [0.4, 0.5) is 30.8 Å². The predicted octanol–water partition coefficient (Wildman–Crippen LogP) is 3.84. The number of aromatic nitrogens is 5. The summed E-state index contributed by atoms with van der Waals surface area (Å²) >= 11 is 0. The number of ether oxygens (including phenoxy) is 1. The zero-order valence-electron chi connectivity index (χ0n) is 15.7. The van der Waals surface area contributed by atoms with Gasteiger partial charge in [-0.05, 0) is 36.4 Å². The SMILES string of the molecule is CCc1nc2cc(F)ccc2n1-c1nc(N)nc(Nc2ccc(OC(F)F)cc2)n1. The average Bonchev–Trinajstić information content (AvgIpc) is 3.06. The molecule has 0 fully saturated rings. The zero-order valence-corrected chi connectivity index (χ0v) is 15.7. The van der Waals surface area contributed by atoms with Gasteiger partial charge in [-0.15, -0.1) is 0 Å². The molecule has 3 N–H and O–H groups in total. The average molecular weight is 415 g/mol. The first-order valence-electron chi connectivity index (χ1n) is 8.93. The summed E-state index contributed by atoms with van der Waals surface area (Å²) in [7, 11) is 0. The van der Waals surface area contributed by atoms with Crippen molar-refractivity contribution in [3.8, 4) is 11.7 Å². The van der Waals surface area contributed by atoms with Crippen molar-refractivity contribution in [1.29, 1.82) is 0 Å². The van der Waals surface area contributed by atoms with Gasteiger partial charge in [-0.2, -0.15) is 23.7 Å². The third-order valence-electron chi connectivity index (χ3n) is 4.18. The van der Waals surface area contributed by atoms with Gasteiger partial charge in [0, 0.05) is 18.2 Å².